The van der Waals surface area contributed by atoms with E-state index in [1.54, 1.807) is 37.6 Å². The third kappa shape index (κ3) is 2.18. The van der Waals surface area contributed by atoms with Gasteiger partial charge in [-0.2, -0.15) is 5.26 Å². The number of rotatable bonds is 2. The summed E-state index contributed by atoms with van der Waals surface area (Å²) in [6.07, 6.45) is 1.63. The maximum Gasteiger partial charge on any atom is 0.126 e. The van der Waals surface area contributed by atoms with E-state index in [4.69, 9.17) is 15.7 Å². The molecule has 17 heavy (non-hydrogen) atoms. The van der Waals surface area contributed by atoms with Crippen LogP contribution in [-0.4, -0.2) is 12.1 Å². The van der Waals surface area contributed by atoms with Crippen LogP contribution in [0.5, 0.6) is 5.75 Å². The summed E-state index contributed by atoms with van der Waals surface area (Å²) in [5.74, 6) is 1.14. The zero-order valence-corrected chi connectivity index (χ0v) is 9.34. The highest BCUT2D eigenvalue weighted by Crippen LogP contribution is 2.31. The Hall–Kier alpha value is -2.54. The molecular weight excluding hydrogens is 214 g/mol. The summed E-state index contributed by atoms with van der Waals surface area (Å²) in [6, 6.07) is 10.9. The number of nitrogens with two attached hydrogens (primary N) is 1. The molecular formula is C13H11N3O. The average molecular weight is 225 g/mol. The molecule has 0 aliphatic carbocycles. The lowest BCUT2D eigenvalue weighted by Crippen LogP contribution is -1.92. The summed E-state index contributed by atoms with van der Waals surface area (Å²) in [4.78, 5) is 3.94. The fraction of sp³-hybridized carbons (Fsp3) is 0.0769. The first-order valence-electron chi connectivity index (χ1n) is 5.04. The van der Waals surface area contributed by atoms with Crippen LogP contribution in [0.15, 0.2) is 36.5 Å². The number of hydrogen-bond donors (Lipinski definition) is 1. The van der Waals surface area contributed by atoms with Crippen molar-refractivity contribution in [2.24, 2.45) is 0 Å². The molecule has 0 unspecified atom stereocenters. The quantitative estimate of drug-likeness (QED) is 0.850. The molecule has 0 amide bonds. The predicted molar refractivity (Wildman–Crippen MR) is 65.4 cm³/mol. The van der Waals surface area contributed by atoms with E-state index in [1.165, 1.54) is 0 Å². The maximum atomic E-state index is 8.90. The Bertz CT molecular complexity index is 587. The van der Waals surface area contributed by atoms with Crippen LogP contribution < -0.4 is 10.5 Å². The van der Waals surface area contributed by atoms with E-state index in [0.29, 0.717) is 17.1 Å². The Balaban J connectivity index is 2.61. The van der Waals surface area contributed by atoms with Crippen molar-refractivity contribution in [2.45, 2.75) is 0 Å². The van der Waals surface area contributed by atoms with Crippen molar-refractivity contribution in [3.05, 3.63) is 42.1 Å². The Labute approximate surface area is 99.3 Å². The molecule has 0 radical (unpaired) electrons. The van der Waals surface area contributed by atoms with Gasteiger partial charge in [0, 0.05) is 11.8 Å². The number of methoxy groups -OCH3 is 1. The van der Waals surface area contributed by atoms with Crippen molar-refractivity contribution in [3.63, 3.8) is 0 Å². The van der Waals surface area contributed by atoms with Gasteiger partial charge in [-0.1, -0.05) is 0 Å². The summed E-state index contributed by atoms with van der Waals surface area (Å²) < 4.78 is 5.27. The van der Waals surface area contributed by atoms with E-state index in [-0.39, 0.29) is 0 Å². The van der Waals surface area contributed by atoms with Crippen LogP contribution in [0.25, 0.3) is 11.1 Å². The van der Waals surface area contributed by atoms with Crippen molar-refractivity contribution in [2.75, 3.05) is 12.8 Å². The van der Waals surface area contributed by atoms with Crippen molar-refractivity contribution in [1.82, 2.24) is 4.98 Å². The summed E-state index contributed by atoms with van der Waals surface area (Å²) in [5.41, 5.74) is 7.94. The largest absolute Gasteiger partial charge is 0.496 e. The van der Waals surface area contributed by atoms with E-state index in [2.05, 4.69) is 11.1 Å². The lowest BCUT2D eigenvalue weighted by atomic mass is 10.0. The van der Waals surface area contributed by atoms with Gasteiger partial charge in [-0.15, -0.1) is 0 Å². The Morgan fingerprint density at radius 3 is 2.76 bits per heavy atom. The minimum absolute atomic E-state index is 0.437. The van der Waals surface area contributed by atoms with E-state index in [9.17, 15) is 0 Å². The van der Waals surface area contributed by atoms with Gasteiger partial charge < -0.3 is 10.5 Å². The number of ether oxygens (including phenoxy) is 1. The van der Waals surface area contributed by atoms with Crippen molar-refractivity contribution < 1.29 is 4.74 Å². The summed E-state index contributed by atoms with van der Waals surface area (Å²) in [7, 11) is 1.59. The van der Waals surface area contributed by atoms with Gasteiger partial charge in [0.1, 0.15) is 11.6 Å². The van der Waals surface area contributed by atoms with Crippen molar-refractivity contribution >= 4 is 5.82 Å². The molecule has 0 saturated carbocycles. The van der Waals surface area contributed by atoms with Crippen LogP contribution in [0.3, 0.4) is 0 Å². The first-order valence-corrected chi connectivity index (χ1v) is 5.04. The van der Waals surface area contributed by atoms with Gasteiger partial charge in [0.2, 0.25) is 0 Å². The molecule has 1 aromatic carbocycles. The van der Waals surface area contributed by atoms with Crippen LogP contribution in [0.1, 0.15) is 5.56 Å². The molecule has 4 nitrogen and oxygen atoms in total. The normalized spacial score (nSPS) is 9.65. The number of aromatic nitrogens is 1. The Kier molecular flexibility index (Phi) is 2.93. The van der Waals surface area contributed by atoms with Crippen LogP contribution in [-0.2, 0) is 0 Å². The third-order valence-electron chi connectivity index (χ3n) is 2.42. The number of nitriles is 1. The second-order valence-electron chi connectivity index (χ2n) is 3.50. The van der Waals surface area contributed by atoms with Gasteiger partial charge in [-0.3, -0.25) is 0 Å². The smallest absolute Gasteiger partial charge is 0.126 e. The molecule has 1 heterocycles. The standard InChI is InChI=1S/C13H11N3O/c1-17-12-3-2-9(8-14)6-11(12)10-4-5-16-13(15)7-10/h2-7H,1H3,(H2,15,16). The molecule has 0 fully saturated rings. The lowest BCUT2D eigenvalue weighted by Gasteiger charge is -2.09. The summed E-state index contributed by atoms with van der Waals surface area (Å²) in [6.45, 7) is 0. The topological polar surface area (TPSA) is 71.9 Å². The highest BCUT2D eigenvalue weighted by atomic mass is 16.5. The SMILES string of the molecule is COc1ccc(C#N)cc1-c1ccnc(N)c1. The molecule has 0 bridgehead atoms. The van der Waals surface area contributed by atoms with E-state index in [1.807, 2.05) is 6.07 Å². The molecule has 2 N–H and O–H groups in total. The maximum absolute atomic E-state index is 8.90. The van der Waals surface area contributed by atoms with Crippen molar-refractivity contribution in [3.8, 4) is 22.9 Å². The predicted octanol–water partition coefficient (Wildman–Crippen LogP) is 2.21. The monoisotopic (exact) mass is 225 g/mol. The zero-order valence-electron chi connectivity index (χ0n) is 9.34. The second-order valence-corrected chi connectivity index (χ2v) is 3.50. The number of nitrogens with zero attached hydrogens (tertiary/aromatic N) is 2. The molecule has 2 rings (SSSR count). The van der Waals surface area contributed by atoms with Crippen LogP contribution in [0.2, 0.25) is 0 Å². The Morgan fingerprint density at radius 1 is 1.29 bits per heavy atom. The van der Waals surface area contributed by atoms with Crippen LogP contribution >= 0.6 is 0 Å². The fourth-order valence-electron chi connectivity index (χ4n) is 1.62. The first kappa shape index (κ1) is 11.0. The van der Waals surface area contributed by atoms with Crippen LogP contribution in [0.4, 0.5) is 5.82 Å². The molecule has 0 aliphatic heterocycles. The van der Waals surface area contributed by atoms with Gasteiger partial charge in [-0.05, 0) is 35.9 Å². The van der Waals surface area contributed by atoms with Gasteiger partial charge in [0.25, 0.3) is 0 Å². The average Bonchev–Trinajstić information content (AvgIpc) is 2.38. The second kappa shape index (κ2) is 4.54. The minimum Gasteiger partial charge on any atom is -0.496 e. The fourth-order valence-corrected chi connectivity index (χ4v) is 1.62. The number of nitrogen functional groups attached to an aromatic ring is 1. The molecule has 4 heteroatoms. The number of pyridine rings is 1. The lowest BCUT2D eigenvalue weighted by molar-refractivity contribution is 0.416. The van der Waals surface area contributed by atoms with Gasteiger partial charge in [0.15, 0.2) is 0 Å². The molecule has 2 aromatic rings. The highest BCUT2D eigenvalue weighted by molar-refractivity contribution is 5.73. The van der Waals surface area contributed by atoms with Crippen molar-refractivity contribution in [1.29, 1.82) is 5.26 Å². The first-order chi connectivity index (χ1) is 8.24. The molecule has 84 valence electrons. The van der Waals surface area contributed by atoms with Gasteiger partial charge in [0.05, 0.1) is 18.7 Å². The van der Waals surface area contributed by atoms with E-state index in [0.717, 1.165) is 11.1 Å². The zero-order chi connectivity index (χ0) is 12.3. The van der Waals surface area contributed by atoms with Crippen LogP contribution in [0, 0.1) is 11.3 Å². The summed E-state index contributed by atoms with van der Waals surface area (Å²) in [5, 5.41) is 8.90. The minimum atomic E-state index is 0.437. The molecule has 0 aliphatic rings. The molecule has 0 spiro atoms. The van der Waals surface area contributed by atoms with E-state index < -0.39 is 0 Å². The Morgan fingerprint density at radius 2 is 2.12 bits per heavy atom. The third-order valence-corrected chi connectivity index (χ3v) is 2.42. The molecule has 0 atom stereocenters. The summed E-state index contributed by atoms with van der Waals surface area (Å²) >= 11 is 0. The number of anilines is 1. The van der Waals surface area contributed by atoms with Gasteiger partial charge >= 0.3 is 0 Å². The molecule has 0 saturated heterocycles. The number of benzene rings is 1. The highest BCUT2D eigenvalue weighted by Gasteiger charge is 2.07. The van der Waals surface area contributed by atoms with Gasteiger partial charge in [-0.25, -0.2) is 4.98 Å². The number of hydrogen-bond acceptors (Lipinski definition) is 4. The molecule has 1 aromatic heterocycles. The van der Waals surface area contributed by atoms with E-state index >= 15 is 0 Å².